The van der Waals surface area contributed by atoms with Gasteiger partial charge in [-0.3, -0.25) is 0 Å². The highest BCUT2D eigenvalue weighted by Gasteiger charge is 2.07. The Bertz CT molecular complexity index is 477. The van der Waals surface area contributed by atoms with Crippen molar-refractivity contribution < 1.29 is 4.39 Å². The standard InChI is InChI=1S/C14H17FN2/c1-10-5-6-12(8-14(10)15)11(2)17-9-13-4-3-7-16-13/h3-8,11,16-17H,9H2,1-2H3. The molecule has 1 aromatic heterocycles. The molecule has 1 unspecified atom stereocenters. The van der Waals surface area contributed by atoms with Crippen LogP contribution in [0.5, 0.6) is 0 Å². The molecule has 0 aliphatic heterocycles. The summed E-state index contributed by atoms with van der Waals surface area (Å²) in [6.07, 6.45) is 1.90. The SMILES string of the molecule is Cc1ccc(C(C)NCc2ccc[nH]2)cc1F. The summed E-state index contributed by atoms with van der Waals surface area (Å²) in [4.78, 5) is 3.13. The molecule has 2 nitrogen and oxygen atoms in total. The molecular formula is C14H17FN2. The van der Waals surface area contributed by atoms with Crippen molar-refractivity contribution in [2.24, 2.45) is 0 Å². The Morgan fingerprint density at radius 2 is 2.18 bits per heavy atom. The second-order valence-corrected chi connectivity index (χ2v) is 4.31. The van der Waals surface area contributed by atoms with E-state index in [2.05, 4.69) is 10.3 Å². The third kappa shape index (κ3) is 2.94. The first-order valence-electron chi connectivity index (χ1n) is 5.78. The predicted molar refractivity (Wildman–Crippen MR) is 67.2 cm³/mol. The van der Waals surface area contributed by atoms with Gasteiger partial charge in [0.05, 0.1) is 0 Å². The average Bonchev–Trinajstić information content (AvgIpc) is 2.82. The van der Waals surface area contributed by atoms with E-state index in [1.165, 1.54) is 0 Å². The highest BCUT2D eigenvalue weighted by Crippen LogP contribution is 2.16. The van der Waals surface area contributed by atoms with Crippen LogP contribution in [0.3, 0.4) is 0 Å². The highest BCUT2D eigenvalue weighted by atomic mass is 19.1. The molecule has 2 rings (SSSR count). The topological polar surface area (TPSA) is 27.8 Å². The van der Waals surface area contributed by atoms with E-state index in [1.54, 1.807) is 13.0 Å². The maximum Gasteiger partial charge on any atom is 0.126 e. The van der Waals surface area contributed by atoms with Crippen LogP contribution < -0.4 is 5.32 Å². The van der Waals surface area contributed by atoms with Gasteiger partial charge in [0.25, 0.3) is 0 Å². The Hall–Kier alpha value is -1.61. The van der Waals surface area contributed by atoms with Gasteiger partial charge in [-0.2, -0.15) is 0 Å². The number of hydrogen-bond donors (Lipinski definition) is 2. The Kier molecular flexibility index (Phi) is 3.59. The number of hydrogen-bond acceptors (Lipinski definition) is 1. The van der Waals surface area contributed by atoms with Crippen molar-refractivity contribution in [3.8, 4) is 0 Å². The van der Waals surface area contributed by atoms with Gasteiger partial charge in [0.2, 0.25) is 0 Å². The maximum absolute atomic E-state index is 13.4. The summed E-state index contributed by atoms with van der Waals surface area (Å²) in [6, 6.07) is 9.50. The minimum Gasteiger partial charge on any atom is -0.364 e. The second-order valence-electron chi connectivity index (χ2n) is 4.31. The van der Waals surface area contributed by atoms with Gasteiger partial charge < -0.3 is 10.3 Å². The van der Waals surface area contributed by atoms with Gasteiger partial charge in [0, 0.05) is 24.5 Å². The first kappa shape index (κ1) is 11.9. The summed E-state index contributed by atoms with van der Waals surface area (Å²) in [6.45, 7) is 4.56. The summed E-state index contributed by atoms with van der Waals surface area (Å²) < 4.78 is 13.4. The molecule has 3 heteroatoms. The molecule has 0 saturated carbocycles. The van der Waals surface area contributed by atoms with Gasteiger partial charge in [-0.05, 0) is 43.2 Å². The normalized spacial score (nSPS) is 12.6. The van der Waals surface area contributed by atoms with Crippen molar-refractivity contribution in [1.29, 1.82) is 0 Å². The van der Waals surface area contributed by atoms with Gasteiger partial charge in [0.15, 0.2) is 0 Å². The van der Waals surface area contributed by atoms with Crippen molar-refractivity contribution in [3.63, 3.8) is 0 Å². The molecule has 90 valence electrons. The van der Waals surface area contributed by atoms with Gasteiger partial charge >= 0.3 is 0 Å². The third-order valence-electron chi connectivity index (χ3n) is 2.96. The molecule has 0 spiro atoms. The molecule has 1 aromatic carbocycles. The Balaban J connectivity index is 1.99. The summed E-state index contributed by atoms with van der Waals surface area (Å²) in [5, 5.41) is 3.35. The largest absolute Gasteiger partial charge is 0.364 e. The molecule has 0 fully saturated rings. The fourth-order valence-corrected chi connectivity index (χ4v) is 1.74. The van der Waals surface area contributed by atoms with E-state index in [1.807, 2.05) is 37.4 Å². The second kappa shape index (κ2) is 5.15. The van der Waals surface area contributed by atoms with Crippen molar-refractivity contribution >= 4 is 0 Å². The number of aromatic nitrogens is 1. The van der Waals surface area contributed by atoms with Crippen LogP contribution in [0, 0.1) is 12.7 Å². The molecule has 17 heavy (non-hydrogen) atoms. The smallest absolute Gasteiger partial charge is 0.126 e. The van der Waals surface area contributed by atoms with Crippen LogP contribution in [0.4, 0.5) is 4.39 Å². The number of nitrogens with one attached hydrogen (secondary N) is 2. The van der Waals surface area contributed by atoms with Crippen LogP contribution in [-0.2, 0) is 6.54 Å². The Morgan fingerprint density at radius 3 is 2.82 bits per heavy atom. The Morgan fingerprint density at radius 1 is 1.35 bits per heavy atom. The quantitative estimate of drug-likeness (QED) is 0.831. The van der Waals surface area contributed by atoms with E-state index in [9.17, 15) is 4.39 Å². The van der Waals surface area contributed by atoms with Gasteiger partial charge in [-0.1, -0.05) is 12.1 Å². The zero-order valence-electron chi connectivity index (χ0n) is 10.1. The van der Waals surface area contributed by atoms with E-state index in [0.717, 1.165) is 17.8 Å². The lowest BCUT2D eigenvalue weighted by molar-refractivity contribution is 0.559. The number of rotatable bonds is 4. The molecule has 1 heterocycles. The number of aromatic amines is 1. The number of halogens is 1. The third-order valence-corrected chi connectivity index (χ3v) is 2.96. The van der Waals surface area contributed by atoms with Crippen molar-refractivity contribution in [1.82, 2.24) is 10.3 Å². The summed E-state index contributed by atoms with van der Waals surface area (Å²) in [7, 11) is 0. The van der Waals surface area contributed by atoms with E-state index >= 15 is 0 Å². The lowest BCUT2D eigenvalue weighted by Gasteiger charge is -2.14. The lowest BCUT2D eigenvalue weighted by Crippen LogP contribution is -2.18. The summed E-state index contributed by atoms with van der Waals surface area (Å²) in [5.41, 5.74) is 2.79. The van der Waals surface area contributed by atoms with Crippen LogP contribution in [0.1, 0.15) is 29.8 Å². The van der Waals surface area contributed by atoms with Gasteiger partial charge in [-0.25, -0.2) is 4.39 Å². The van der Waals surface area contributed by atoms with E-state index in [-0.39, 0.29) is 11.9 Å². The maximum atomic E-state index is 13.4. The fourth-order valence-electron chi connectivity index (χ4n) is 1.74. The zero-order chi connectivity index (χ0) is 12.3. The molecule has 0 aliphatic rings. The molecule has 0 radical (unpaired) electrons. The van der Waals surface area contributed by atoms with Gasteiger partial charge in [0.1, 0.15) is 5.82 Å². The van der Waals surface area contributed by atoms with Crippen molar-refractivity contribution in [2.75, 3.05) is 0 Å². The van der Waals surface area contributed by atoms with E-state index in [4.69, 9.17) is 0 Å². The minimum absolute atomic E-state index is 0.133. The van der Waals surface area contributed by atoms with Crippen molar-refractivity contribution in [2.45, 2.75) is 26.4 Å². The lowest BCUT2D eigenvalue weighted by atomic mass is 10.1. The number of aryl methyl sites for hydroxylation is 1. The van der Waals surface area contributed by atoms with Crippen LogP contribution >= 0.6 is 0 Å². The molecular weight excluding hydrogens is 215 g/mol. The summed E-state index contributed by atoms with van der Waals surface area (Å²) >= 11 is 0. The molecule has 0 aliphatic carbocycles. The fraction of sp³-hybridized carbons (Fsp3) is 0.286. The first-order valence-corrected chi connectivity index (χ1v) is 5.78. The number of H-pyrrole nitrogens is 1. The molecule has 2 aromatic rings. The van der Waals surface area contributed by atoms with E-state index in [0.29, 0.717) is 5.56 Å². The van der Waals surface area contributed by atoms with Crippen LogP contribution in [0.25, 0.3) is 0 Å². The monoisotopic (exact) mass is 232 g/mol. The molecule has 1 atom stereocenters. The van der Waals surface area contributed by atoms with Crippen molar-refractivity contribution in [3.05, 3.63) is 59.2 Å². The zero-order valence-corrected chi connectivity index (χ0v) is 10.1. The molecule has 2 N–H and O–H groups in total. The molecule has 0 amide bonds. The highest BCUT2D eigenvalue weighted by molar-refractivity contribution is 5.25. The van der Waals surface area contributed by atoms with Crippen LogP contribution in [0.15, 0.2) is 36.5 Å². The van der Waals surface area contributed by atoms with E-state index < -0.39 is 0 Å². The average molecular weight is 232 g/mol. The first-order chi connectivity index (χ1) is 8.16. The van der Waals surface area contributed by atoms with Gasteiger partial charge in [-0.15, -0.1) is 0 Å². The number of benzene rings is 1. The van der Waals surface area contributed by atoms with Crippen LogP contribution in [0.2, 0.25) is 0 Å². The van der Waals surface area contributed by atoms with Crippen LogP contribution in [-0.4, -0.2) is 4.98 Å². The molecule has 0 bridgehead atoms. The predicted octanol–water partition coefficient (Wildman–Crippen LogP) is 3.31. The minimum atomic E-state index is -0.143. The Labute approximate surface area is 101 Å². The summed E-state index contributed by atoms with van der Waals surface area (Å²) in [5.74, 6) is -0.143. The molecule has 0 saturated heterocycles.